The lowest BCUT2D eigenvalue weighted by Gasteiger charge is -2.14. The van der Waals surface area contributed by atoms with Crippen LogP contribution in [0.15, 0.2) is 60.9 Å². The Hall–Kier alpha value is -3.67. The zero-order valence-electron chi connectivity index (χ0n) is 16.6. The number of aryl methyl sites for hydroxylation is 1. The molecular weight excluding hydrogens is 364 g/mol. The molecule has 6 heteroatoms. The van der Waals surface area contributed by atoms with Crippen LogP contribution in [0.1, 0.15) is 11.1 Å². The lowest BCUT2D eigenvalue weighted by atomic mass is 10.1. The first kappa shape index (κ1) is 18.7. The molecule has 0 aliphatic heterocycles. The number of benzene rings is 2. The molecule has 29 heavy (non-hydrogen) atoms. The summed E-state index contributed by atoms with van der Waals surface area (Å²) in [7, 11) is 3.33. The largest absolute Gasteiger partial charge is 0.497 e. The topological polar surface area (TPSA) is 69.2 Å². The number of hydrogen-bond donors (Lipinski definition) is 1. The lowest BCUT2D eigenvalue weighted by molar-refractivity contribution is 0.410. The van der Waals surface area contributed by atoms with Crippen LogP contribution in [0.25, 0.3) is 22.3 Å². The van der Waals surface area contributed by atoms with E-state index in [0.717, 1.165) is 39.3 Å². The fourth-order valence-corrected chi connectivity index (χ4v) is 3.22. The predicted molar refractivity (Wildman–Crippen MR) is 114 cm³/mol. The van der Waals surface area contributed by atoms with Crippen molar-refractivity contribution in [3.05, 3.63) is 72.1 Å². The number of hydrogen-bond acceptors (Lipinski definition) is 6. The molecule has 0 atom stereocenters. The van der Waals surface area contributed by atoms with Crippen molar-refractivity contribution < 1.29 is 9.47 Å². The van der Waals surface area contributed by atoms with Crippen molar-refractivity contribution in [3.8, 4) is 22.9 Å². The van der Waals surface area contributed by atoms with E-state index in [1.807, 2.05) is 42.5 Å². The van der Waals surface area contributed by atoms with Gasteiger partial charge < -0.3 is 14.8 Å². The molecule has 0 saturated carbocycles. The van der Waals surface area contributed by atoms with Gasteiger partial charge in [-0.1, -0.05) is 17.7 Å². The smallest absolute Gasteiger partial charge is 0.163 e. The second-order valence-corrected chi connectivity index (χ2v) is 6.69. The van der Waals surface area contributed by atoms with Crippen molar-refractivity contribution in [1.29, 1.82) is 0 Å². The van der Waals surface area contributed by atoms with E-state index in [-0.39, 0.29) is 0 Å². The summed E-state index contributed by atoms with van der Waals surface area (Å²) in [4.78, 5) is 13.7. The number of rotatable bonds is 6. The molecule has 0 saturated heterocycles. The third-order valence-corrected chi connectivity index (χ3v) is 4.70. The van der Waals surface area contributed by atoms with Crippen LogP contribution in [0.5, 0.6) is 11.5 Å². The molecule has 0 fully saturated rings. The summed E-state index contributed by atoms with van der Waals surface area (Å²) >= 11 is 0. The van der Waals surface area contributed by atoms with Gasteiger partial charge in [0.15, 0.2) is 5.82 Å². The predicted octanol–water partition coefficient (Wildman–Crippen LogP) is 4.63. The summed E-state index contributed by atoms with van der Waals surface area (Å²) in [6.45, 7) is 2.63. The van der Waals surface area contributed by atoms with Crippen molar-refractivity contribution >= 4 is 16.7 Å². The average molecular weight is 386 g/mol. The Balaban J connectivity index is 1.78. The van der Waals surface area contributed by atoms with Gasteiger partial charge >= 0.3 is 0 Å². The molecule has 0 unspecified atom stereocenters. The van der Waals surface area contributed by atoms with Crippen LogP contribution in [0.3, 0.4) is 0 Å². The molecule has 2 heterocycles. The second kappa shape index (κ2) is 8.14. The normalized spacial score (nSPS) is 10.7. The minimum atomic E-state index is 0.570. The molecule has 0 radical (unpaired) electrons. The zero-order chi connectivity index (χ0) is 20.2. The summed E-state index contributed by atoms with van der Waals surface area (Å²) in [6, 6.07) is 15.7. The van der Waals surface area contributed by atoms with Crippen LogP contribution in [0, 0.1) is 6.92 Å². The maximum Gasteiger partial charge on any atom is 0.163 e. The van der Waals surface area contributed by atoms with Crippen molar-refractivity contribution in [3.63, 3.8) is 0 Å². The minimum Gasteiger partial charge on any atom is -0.497 e. The zero-order valence-corrected chi connectivity index (χ0v) is 16.6. The lowest BCUT2D eigenvalue weighted by Crippen LogP contribution is -2.06. The molecule has 4 rings (SSSR count). The summed E-state index contributed by atoms with van der Waals surface area (Å²) < 4.78 is 10.9. The van der Waals surface area contributed by atoms with E-state index >= 15 is 0 Å². The van der Waals surface area contributed by atoms with E-state index in [1.54, 1.807) is 26.6 Å². The number of methoxy groups -OCH3 is 2. The number of ether oxygens (including phenoxy) is 2. The van der Waals surface area contributed by atoms with Gasteiger partial charge in [0.1, 0.15) is 17.3 Å². The first-order valence-corrected chi connectivity index (χ1v) is 9.31. The SMILES string of the molecule is COc1ccc2nc(-c3cccnc3)nc(NCc3cc(C)ccc3OC)c2c1. The molecule has 4 aromatic rings. The first-order valence-electron chi connectivity index (χ1n) is 9.31. The van der Waals surface area contributed by atoms with Gasteiger partial charge in [0.2, 0.25) is 0 Å². The highest BCUT2D eigenvalue weighted by Gasteiger charge is 2.12. The number of pyridine rings is 1. The summed E-state index contributed by atoms with van der Waals surface area (Å²) in [5, 5.41) is 4.35. The van der Waals surface area contributed by atoms with Crippen LogP contribution in [0.2, 0.25) is 0 Å². The molecular formula is C23H22N4O2. The molecule has 0 aliphatic carbocycles. The molecule has 0 spiro atoms. The van der Waals surface area contributed by atoms with Gasteiger partial charge in [0.25, 0.3) is 0 Å². The number of aromatic nitrogens is 3. The van der Waals surface area contributed by atoms with Gasteiger partial charge in [0, 0.05) is 35.5 Å². The van der Waals surface area contributed by atoms with Crippen LogP contribution >= 0.6 is 0 Å². The molecule has 0 amide bonds. The minimum absolute atomic E-state index is 0.570. The fraction of sp³-hybridized carbons (Fsp3) is 0.174. The Bertz CT molecular complexity index is 1150. The maximum absolute atomic E-state index is 5.50. The molecule has 146 valence electrons. The highest BCUT2D eigenvalue weighted by atomic mass is 16.5. The summed E-state index contributed by atoms with van der Waals surface area (Å²) in [5.74, 6) is 2.95. The van der Waals surface area contributed by atoms with Gasteiger partial charge in [-0.2, -0.15) is 0 Å². The van der Waals surface area contributed by atoms with E-state index in [4.69, 9.17) is 19.4 Å². The third kappa shape index (κ3) is 3.96. The van der Waals surface area contributed by atoms with Crippen LogP contribution in [-0.4, -0.2) is 29.2 Å². The molecule has 6 nitrogen and oxygen atoms in total. The van der Waals surface area contributed by atoms with Gasteiger partial charge in [-0.15, -0.1) is 0 Å². The van der Waals surface area contributed by atoms with Crippen molar-refractivity contribution in [1.82, 2.24) is 15.0 Å². The second-order valence-electron chi connectivity index (χ2n) is 6.69. The van der Waals surface area contributed by atoms with Crippen LogP contribution < -0.4 is 14.8 Å². The fourth-order valence-electron chi connectivity index (χ4n) is 3.22. The molecule has 0 bridgehead atoms. The highest BCUT2D eigenvalue weighted by molar-refractivity contribution is 5.91. The standard InChI is InChI=1S/C23H22N4O2/c1-15-6-9-21(29-3)17(11-15)14-25-23-19-12-18(28-2)7-8-20(19)26-22(27-23)16-5-4-10-24-13-16/h4-13H,14H2,1-3H3,(H,25,26,27). The van der Waals surface area contributed by atoms with E-state index in [9.17, 15) is 0 Å². The third-order valence-electron chi connectivity index (χ3n) is 4.70. The molecule has 1 N–H and O–H groups in total. The Kier molecular flexibility index (Phi) is 5.24. The number of nitrogens with one attached hydrogen (secondary N) is 1. The monoisotopic (exact) mass is 386 g/mol. The number of fused-ring (bicyclic) bond motifs is 1. The summed E-state index contributed by atoms with van der Waals surface area (Å²) in [6.07, 6.45) is 3.50. The van der Waals surface area contributed by atoms with Crippen molar-refractivity contribution in [2.75, 3.05) is 19.5 Å². The van der Waals surface area contributed by atoms with E-state index in [1.165, 1.54) is 5.56 Å². The molecule has 2 aromatic heterocycles. The Morgan fingerprint density at radius 2 is 1.86 bits per heavy atom. The quantitative estimate of drug-likeness (QED) is 0.521. The summed E-state index contributed by atoms with van der Waals surface area (Å²) in [5.41, 5.74) is 3.93. The molecule has 2 aromatic carbocycles. The van der Waals surface area contributed by atoms with Gasteiger partial charge in [-0.05, 0) is 43.3 Å². The highest BCUT2D eigenvalue weighted by Crippen LogP contribution is 2.29. The number of anilines is 1. The average Bonchev–Trinajstić information content (AvgIpc) is 2.77. The first-order chi connectivity index (χ1) is 14.2. The van der Waals surface area contributed by atoms with Crippen molar-refractivity contribution in [2.45, 2.75) is 13.5 Å². The maximum atomic E-state index is 5.50. The van der Waals surface area contributed by atoms with Crippen LogP contribution in [-0.2, 0) is 6.54 Å². The Labute approximate surface area is 169 Å². The number of nitrogens with zero attached hydrogens (tertiary/aromatic N) is 3. The van der Waals surface area contributed by atoms with Gasteiger partial charge in [-0.25, -0.2) is 9.97 Å². The van der Waals surface area contributed by atoms with Crippen molar-refractivity contribution in [2.24, 2.45) is 0 Å². The Morgan fingerprint density at radius 3 is 2.62 bits per heavy atom. The van der Waals surface area contributed by atoms with Crippen LogP contribution in [0.4, 0.5) is 5.82 Å². The Morgan fingerprint density at radius 1 is 0.966 bits per heavy atom. The molecule has 0 aliphatic rings. The van der Waals surface area contributed by atoms with Gasteiger partial charge in [-0.3, -0.25) is 4.98 Å². The van der Waals surface area contributed by atoms with Gasteiger partial charge in [0.05, 0.1) is 19.7 Å². The van der Waals surface area contributed by atoms with E-state index in [0.29, 0.717) is 12.4 Å². The van der Waals surface area contributed by atoms with E-state index < -0.39 is 0 Å². The van der Waals surface area contributed by atoms with E-state index in [2.05, 4.69) is 23.3 Å².